The molecule has 1 fully saturated rings. The summed E-state index contributed by atoms with van der Waals surface area (Å²) in [6.45, 7) is 1.98. The molecule has 158 valence electrons. The number of carbonyl (C=O) groups excluding carboxylic acids is 1. The largest absolute Gasteiger partial charge is 0.449 e. The second-order valence-corrected chi connectivity index (χ2v) is 9.05. The first-order chi connectivity index (χ1) is 13.4. The number of hydrogen-bond donors (Lipinski definition) is 0. The van der Waals surface area contributed by atoms with E-state index in [4.69, 9.17) is 8.92 Å². The van der Waals surface area contributed by atoms with Crippen LogP contribution in [0.1, 0.15) is 37.7 Å². The maximum atomic E-state index is 12.4. The maximum absolute atomic E-state index is 12.4. The van der Waals surface area contributed by atoms with Gasteiger partial charge in [0.15, 0.2) is 0 Å². The van der Waals surface area contributed by atoms with Gasteiger partial charge in [-0.3, -0.25) is 4.18 Å². The van der Waals surface area contributed by atoms with Crippen molar-refractivity contribution in [2.45, 2.75) is 43.9 Å². The molecular formula is C20H32N2O5S. The Kier molecular flexibility index (Phi) is 9.21. The third kappa shape index (κ3) is 8.16. The molecule has 1 saturated heterocycles. The SMILES string of the molecule is CN(C)CCCOC(=O)N1CCCCC1CCOS(=O)(=O)Cc1ccccc1. The Morgan fingerprint density at radius 2 is 1.93 bits per heavy atom. The van der Waals surface area contributed by atoms with Crippen LogP contribution in [0.5, 0.6) is 0 Å². The third-order valence-electron chi connectivity index (χ3n) is 4.74. The highest BCUT2D eigenvalue weighted by molar-refractivity contribution is 7.85. The predicted octanol–water partition coefficient (Wildman–Crippen LogP) is 2.87. The van der Waals surface area contributed by atoms with Gasteiger partial charge in [-0.25, -0.2) is 4.79 Å². The van der Waals surface area contributed by atoms with Crippen LogP contribution >= 0.6 is 0 Å². The number of carbonyl (C=O) groups is 1. The third-order valence-corrected chi connectivity index (χ3v) is 5.95. The minimum atomic E-state index is -3.64. The average Bonchev–Trinajstić information content (AvgIpc) is 2.65. The molecule has 1 aromatic carbocycles. The quantitative estimate of drug-likeness (QED) is 0.434. The predicted molar refractivity (Wildman–Crippen MR) is 108 cm³/mol. The average molecular weight is 413 g/mol. The van der Waals surface area contributed by atoms with Crippen molar-refractivity contribution in [3.63, 3.8) is 0 Å². The van der Waals surface area contributed by atoms with Crippen molar-refractivity contribution < 1.29 is 22.1 Å². The summed E-state index contributed by atoms with van der Waals surface area (Å²) in [5.74, 6) is -0.143. The zero-order valence-corrected chi connectivity index (χ0v) is 17.7. The molecule has 8 heteroatoms. The van der Waals surface area contributed by atoms with Gasteiger partial charge < -0.3 is 14.5 Å². The summed E-state index contributed by atoms with van der Waals surface area (Å²) in [7, 11) is 0.323. The number of hydrogen-bond acceptors (Lipinski definition) is 6. The fraction of sp³-hybridized carbons (Fsp3) is 0.650. The van der Waals surface area contributed by atoms with Crippen LogP contribution in [-0.4, -0.2) is 70.8 Å². The highest BCUT2D eigenvalue weighted by atomic mass is 32.2. The molecule has 28 heavy (non-hydrogen) atoms. The number of piperidine rings is 1. The van der Waals surface area contributed by atoms with Crippen molar-refractivity contribution >= 4 is 16.2 Å². The molecule has 0 bridgehead atoms. The topological polar surface area (TPSA) is 76.2 Å². The van der Waals surface area contributed by atoms with Gasteiger partial charge in [0, 0.05) is 19.1 Å². The number of rotatable bonds is 10. The molecular weight excluding hydrogens is 380 g/mol. The molecule has 0 aliphatic carbocycles. The van der Waals surface area contributed by atoms with E-state index in [2.05, 4.69) is 0 Å². The highest BCUT2D eigenvalue weighted by Gasteiger charge is 2.28. The van der Waals surface area contributed by atoms with E-state index in [0.29, 0.717) is 25.1 Å². The zero-order chi connectivity index (χ0) is 20.4. The van der Waals surface area contributed by atoms with E-state index < -0.39 is 10.1 Å². The van der Waals surface area contributed by atoms with Gasteiger partial charge in [-0.15, -0.1) is 0 Å². The minimum Gasteiger partial charge on any atom is -0.449 e. The first kappa shape index (κ1) is 22.6. The highest BCUT2D eigenvalue weighted by Crippen LogP contribution is 2.21. The Bertz CT molecular complexity index is 694. The number of amides is 1. The number of benzene rings is 1. The summed E-state index contributed by atoms with van der Waals surface area (Å²) in [6.07, 6.45) is 3.77. The Hall–Kier alpha value is -1.64. The fourth-order valence-corrected chi connectivity index (χ4v) is 4.33. The second-order valence-electron chi connectivity index (χ2n) is 7.41. The molecule has 0 spiro atoms. The van der Waals surface area contributed by atoms with E-state index in [0.717, 1.165) is 32.2 Å². The monoisotopic (exact) mass is 412 g/mol. The lowest BCUT2D eigenvalue weighted by Gasteiger charge is -2.34. The van der Waals surface area contributed by atoms with Crippen LogP contribution in [-0.2, 0) is 24.8 Å². The van der Waals surface area contributed by atoms with Crippen molar-refractivity contribution in [3.05, 3.63) is 35.9 Å². The standard InChI is InChI=1S/C20H32N2O5S/c1-21(2)13-8-15-26-20(23)22-14-7-6-11-19(22)12-16-27-28(24,25)17-18-9-4-3-5-10-18/h3-5,9-10,19H,6-8,11-17H2,1-2H3. The van der Waals surface area contributed by atoms with Crippen molar-refractivity contribution in [1.29, 1.82) is 0 Å². The molecule has 7 nitrogen and oxygen atoms in total. The Morgan fingerprint density at radius 3 is 2.64 bits per heavy atom. The first-order valence-corrected chi connectivity index (χ1v) is 11.4. The van der Waals surface area contributed by atoms with Crippen LogP contribution in [0.4, 0.5) is 4.79 Å². The molecule has 1 aromatic rings. The number of likely N-dealkylation sites (tertiary alicyclic amines) is 1. The summed E-state index contributed by atoms with van der Waals surface area (Å²) in [6, 6.07) is 8.92. The zero-order valence-electron chi connectivity index (χ0n) is 16.9. The summed E-state index contributed by atoms with van der Waals surface area (Å²) in [4.78, 5) is 16.2. The van der Waals surface area contributed by atoms with Gasteiger partial charge in [-0.2, -0.15) is 8.42 Å². The molecule has 1 heterocycles. The molecule has 1 unspecified atom stereocenters. The van der Waals surface area contributed by atoms with E-state index in [1.54, 1.807) is 29.2 Å². The lowest BCUT2D eigenvalue weighted by Crippen LogP contribution is -2.44. The molecule has 0 radical (unpaired) electrons. The van der Waals surface area contributed by atoms with E-state index in [1.807, 2.05) is 25.1 Å². The van der Waals surface area contributed by atoms with Gasteiger partial charge in [0.05, 0.1) is 13.2 Å². The van der Waals surface area contributed by atoms with E-state index in [9.17, 15) is 13.2 Å². The van der Waals surface area contributed by atoms with E-state index in [1.165, 1.54) is 0 Å². The Balaban J connectivity index is 1.78. The van der Waals surface area contributed by atoms with Gasteiger partial charge in [0.25, 0.3) is 10.1 Å². The molecule has 0 N–H and O–H groups in total. The van der Waals surface area contributed by atoms with Crippen LogP contribution in [0.25, 0.3) is 0 Å². The lowest BCUT2D eigenvalue weighted by atomic mass is 10.0. The molecule has 2 rings (SSSR count). The van der Waals surface area contributed by atoms with Crippen LogP contribution in [0, 0.1) is 0 Å². The molecule has 1 atom stereocenters. The first-order valence-electron chi connectivity index (χ1n) is 9.86. The maximum Gasteiger partial charge on any atom is 0.410 e. The van der Waals surface area contributed by atoms with Gasteiger partial charge >= 0.3 is 6.09 Å². The van der Waals surface area contributed by atoms with Gasteiger partial charge in [0.2, 0.25) is 0 Å². The smallest absolute Gasteiger partial charge is 0.410 e. The minimum absolute atomic E-state index is 0.0398. The number of ether oxygens (including phenoxy) is 1. The van der Waals surface area contributed by atoms with Crippen LogP contribution in [0.3, 0.4) is 0 Å². The molecule has 0 aromatic heterocycles. The lowest BCUT2D eigenvalue weighted by molar-refractivity contribution is 0.0654. The van der Waals surface area contributed by atoms with E-state index >= 15 is 0 Å². The molecule has 1 amide bonds. The second kappa shape index (κ2) is 11.4. The molecule has 1 aliphatic heterocycles. The van der Waals surface area contributed by atoms with Crippen LogP contribution in [0.15, 0.2) is 30.3 Å². The summed E-state index contributed by atoms with van der Waals surface area (Å²) in [5.41, 5.74) is 0.697. The van der Waals surface area contributed by atoms with Crippen molar-refractivity contribution in [2.24, 2.45) is 0 Å². The Labute approximate surface area is 168 Å². The normalized spacial score (nSPS) is 17.7. The fourth-order valence-electron chi connectivity index (χ4n) is 3.30. The van der Waals surface area contributed by atoms with Gasteiger partial charge in [-0.1, -0.05) is 30.3 Å². The summed E-state index contributed by atoms with van der Waals surface area (Å²) >= 11 is 0. The summed E-state index contributed by atoms with van der Waals surface area (Å²) < 4.78 is 34.9. The van der Waals surface area contributed by atoms with Crippen LogP contribution < -0.4 is 0 Å². The van der Waals surface area contributed by atoms with E-state index in [-0.39, 0.29) is 24.5 Å². The Morgan fingerprint density at radius 1 is 1.18 bits per heavy atom. The van der Waals surface area contributed by atoms with Crippen molar-refractivity contribution in [1.82, 2.24) is 9.80 Å². The summed E-state index contributed by atoms with van der Waals surface area (Å²) in [5, 5.41) is 0. The van der Waals surface area contributed by atoms with Crippen molar-refractivity contribution in [3.8, 4) is 0 Å². The number of nitrogens with zero attached hydrogens (tertiary/aromatic N) is 2. The van der Waals surface area contributed by atoms with Gasteiger partial charge in [-0.05, 0) is 51.8 Å². The molecule has 1 aliphatic rings. The van der Waals surface area contributed by atoms with Crippen LogP contribution in [0.2, 0.25) is 0 Å². The van der Waals surface area contributed by atoms with Gasteiger partial charge in [0.1, 0.15) is 5.75 Å². The van der Waals surface area contributed by atoms with Crippen molar-refractivity contribution in [2.75, 3.05) is 40.4 Å². The molecule has 0 saturated carbocycles.